The van der Waals surface area contributed by atoms with Gasteiger partial charge in [-0.05, 0) is 49.4 Å². The second-order valence-corrected chi connectivity index (χ2v) is 5.45. The highest BCUT2D eigenvalue weighted by molar-refractivity contribution is 5.39. The van der Waals surface area contributed by atoms with Gasteiger partial charge in [0.25, 0.3) is 0 Å². The normalized spacial score (nSPS) is 17.5. The van der Waals surface area contributed by atoms with Crippen molar-refractivity contribution in [3.05, 3.63) is 41.0 Å². The second-order valence-electron chi connectivity index (χ2n) is 5.45. The van der Waals surface area contributed by atoms with Crippen molar-refractivity contribution >= 4 is 0 Å². The van der Waals surface area contributed by atoms with Gasteiger partial charge in [0.05, 0.1) is 7.11 Å². The fourth-order valence-electron chi connectivity index (χ4n) is 2.92. The van der Waals surface area contributed by atoms with Gasteiger partial charge in [-0.3, -0.25) is 0 Å². The molecular formula is C16H21N3O2. The van der Waals surface area contributed by atoms with Crippen LogP contribution in [0.2, 0.25) is 0 Å². The van der Waals surface area contributed by atoms with Crippen LogP contribution in [0.25, 0.3) is 0 Å². The molecule has 0 radical (unpaired) electrons. The average Bonchev–Trinajstić information content (AvgIpc) is 2.92. The Balaban J connectivity index is 1.62. The van der Waals surface area contributed by atoms with Crippen LogP contribution in [0.4, 0.5) is 0 Å². The molecule has 1 heterocycles. The summed E-state index contributed by atoms with van der Waals surface area (Å²) in [7, 11) is 1.71. The first-order chi connectivity index (χ1) is 10.3. The molecule has 2 aromatic rings. The quantitative estimate of drug-likeness (QED) is 0.916. The number of benzene rings is 1. The molecule has 5 nitrogen and oxygen atoms in total. The van der Waals surface area contributed by atoms with E-state index in [2.05, 4.69) is 27.6 Å². The first-order valence-electron chi connectivity index (χ1n) is 7.45. The Morgan fingerprint density at radius 3 is 3.10 bits per heavy atom. The molecule has 1 N–H and O–H groups in total. The standard InChI is InChI=1S/C16H21N3O2/c1-11-18-16(21-19-11)8-9-17-15-5-3-4-12-10-13(20-2)6-7-14(12)15/h6-7,10,15,17H,3-5,8-9H2,1-2H3/t15-/m1/s1. The number of hydrogen-bond donors (Lipinski definition) is 1. The summed E-state index contributed by atoms with van der Waals surface area (Å²) in [6.07, 6.45) is 4.27. The molecule has 0 unspecified atom stereocenters. The minimum Gasteiger partial charge on any atom is -0.497 e. The third-order valence-corrected chi connectivity index (χ3v) is 3.96. The van der Waals surface area contributed by atoms with Crippen molar-refractivity contribution in [2.75, 3.05) is 13.7 Å². The molecule has 1 aliphatic carbocycles. The van der Waals surface area contributed by atoms with Crippen LogP contribution in [0.15, 0.2) is 22.7 Å². The zero-order valence-electron chi connectivity index (χ0n) is 12.6. The molecule has 1 aromatic heterocycles. The number of rotatable bonds is 5. The SMILES string of the molecule is COc1ccc2c(c1)CCC[C@H]2NCCc1nc(C)no1. The van der Waals surface area contributed by atoms with Gasteiger partial charge in [-0.15, -0.1) is 0 Å². The minimum atomic E-state index is 0.406. The highest BCUT2D eigenvalue weighted by Gasteiger charge is 2.20. The predicted molar refractivity (Wildman–Crippen MR) is 79.4 cm³/mol. The maximum Gasteiger partial charge on any atom is 0.227 e. The molecule has 5 heteroatoms. The Hall–Kier alpha value is -1.88. The largest absolute Gasteiger partial charge is 0.497 e. The van der Waals surface area contributed by atoms with E-state index in [0.717, 1.165) is 25.1 Å². The molecule has 1 aromatic carbocycles. The van der Waals surface area contributed by atoms with Crippen molar-refractivity contribution in [3.8, 4) is 5.75 Å². The lowest BCUT2D eigenvalue weighted by Gasteiger charge is -2.26. The first kappa shape index (κ1) is 14.1. The minimum absolute atomic E-state index is 0.406. The smallest absolute Gasteiger partial charge is 0.227 e. The maximum atomic E-state index is 5.31. The summed E-state index contributed by atoms with van der Waals surface area (Å²) < 4.78 is 10.4. The van der Waals surface area contributed by atoms with Crippen LogP contribution < -0.4 is 10.1 Å². The van der Waals surface area contributed by atoms with Gasteiger partial charge in [0.15, 0.2) is 5.82 Å². The van der Waals surface area contributed by atoms with Gasteiger partial charge in [-0.1, -0.05) is 11.2 Å². The number of hydrogen-bond acceptors (Lipinski definition) is 5. The topological polar surface area (TPSA) is 60.2 Å². The number of aromatic nitrogens is 2. The molecular weight excluding hydrogens is 266 g/mol. The molecule has 1 atom stereocenters. The Bertz CT molecular complexity index is 609. The number of nitrogens with zero attached hydrogens (tertiary/aromatic N) is 2. The van der Waals surface area contributed by atoms with E-state index >= 15 is 0 Å². The monoisotopic (exact) mass is 287 g/mol. The number of ether oxygens (including phenoxy) is 1. The molecule has 112 valence electrons. The van der Waals surface area contributed by atoms with Crippen molar-refractivity contribution in [1.82, 2.24) is 15.5 Å². The highest BCUT2D eigenvalue weighted by atomic mass is 16.5. The third-order valence-electron chi connectivity index (χ3n) is 3.96. The lowest BCUT2D eigenvalue weighted by molar-refractivity contribution is 0.365. The van der Waals surface area contributed by atoms with Gasteiger partial charge in [-0.2, -0.15) is 4.98 Å². The molecule has 3 rings (SSSR count). The van der Waals surface area contributed by atoms with Crippen molar-refractivity contribution < 1.29 is 9.26 Å². The maximum absolute atomic E-state index is 5.31. The van der Waals surface area contributed by atoms with Crippen LogP contribution >= 0.6 is 0 Å². The Morgan fingerprint density at radius 1 is 1.43 bits per heavy atom. The van der Waals surface area contributed by atoms with Crippen molar-refractivity contribution in [2.45, 2.75) is 38.6 Å². The Kier molecular flexibility index (Phi) is 4.20. The van der Waals surface area contributed by atoms with Crippen LogP contribution in [0.1, 0.15) is 41.7 Å². The molecule has 0 saturated carbocycles. The van der Waals surface area contributed by atoms with Crippen LogP contribution in [0.5, 0.6) is 5.75 Å². The fourth-order valence-corrected chi connectivity index (χ4v) is 2.92. The molecule has 0 aliphatic heterocycles. The number of methoxy groups -OCH3 is 1. The summed E-state index contributed by atoms with van der Waals surface area (Å²) in [5.41, 5.74) is 2.79. The summed E-state index contributed by atoms with van der Waals surface area (Å²) in [6, 6.07) is 6.79. The summed E-state index contributed by atoms with van der Waals surface area (Å²) in [6.45, 7) is 2.68. The number of fused-ring (bicyclic) bond motifs is 1. The van der Waals surface area contributed by atoms with Crippen LogP contribution in [0.3, 0.4) is 0 Å². The first-order valence-corrected chi connectivity index (χ1v) is 7.45. The van der Waals surface area contributed by atoms with E-state index in [1.807, 2.05) is 13.0 Å². The van der Waals surface area contributed by atoms with Gasteiger partial charge in [-0.25, -0.2) is 0 Å². The van der Waals surface area contributed by atoms with E-state index < -0.39 is 0 Å². The fraction of sp³-hybridized carbons (Fsp3) is 0.500. The van der Waals surface area contributed by atoms with Gasteiger partial charge in [0.1, 0.15) is 5.75 Å². The molecule has 0 amide bonds. The Morgan fingerprint density at radius 2 is 2.33 bits per heavy atom. The zero-order chi connectivity index (χ0) is 14.7. The predicted octanol–water partition coefficient (Wildman–Crippen LogP) is 2.60. The van der Waals surface area contributed by atoms with Crippen LogP contribution in [-0.4, -0.2) is 23.8 Å². The van der Waals surface area contributed by atoms with E-state index in [4.69, 9.17) is 9.26 Å². The summed E-state index contributed by atoms with van der Waals surface area (Å²) in [5, 5.41) is 7.41. The molecule has 21 heavy (non-hydrogen) atoms. The van der Waals surface area contributed by atoms with Crippen molar-refractivity contribution in [1.29, 1.82) is 0 Å². The van der Waals surface area contributed by atoms with Gasteiger partial charge in [0, 0.05) is 19.0 Å². The van der Waals surface area contributed by atoms with E-state index in [1.165, 1.54) is 24.0 Å². The lowest BCUT2D eigenvalue weighted by atomic mass is 9.87. The lowest BCUT2D eigenvalue weighted by Crippen LogP contribution is -2.27. The average molecular weight is 287 g/mol. The number of aryl methyl sites for hydroxylation is 2. The van der Waals surface area contributed by atoms with Crippen molar-refractivity contribution in [3.63, 3.8) is 0 Å². The van der Waals surface area contributed by atoms with E-state index in [9.17, 15) is 0 Å². The van der Waals surface area contributed by atoms with Crippen LogP contribution in [0, 0.1) is 6.92 Å². The van der Waals surface area contributed by atoms with Gasteiger partial charge < -0.3 is 14.6 Å². The molecule has 0 saturated heterocycles. The van der Waals surface area contributed by atoms with Crippen molar-refractivity contribution in [2.24, 2.45) is 0 Å². The zero-order valence-corrected chi connectivity index (χ0v) is 12.6. The van der Waals surface area contributed by atoms with Gasteiger partial charge in [0.2, 0.25) is 5.89 Å². The molecule has 0 spiro atoms. The van der Waals surface area contributed by atoms with Crippen LogP contribution in [-0.2, 0) is 12.8 Å². The highest BCUT2D eigenvalue weighted by Crippen LogP contribution is 2.32. The molecule has 0 fully saturated rings. The summed E-state index contributed by atoms with van der Waals surface area (Å²) >= 11 is 0. The second kappa shape index (κ2) is 6.26. The third kappa shape index (κ3) is 3.24. The molecule has 1 aliphatic rings. The van der Waals surface area contributed by atoms with E-state index in [1.54, 1.807) is 7.11 Å². The van der Waals surface area contributed by atoms with E-state index in [-0.39, 0.29) is 0 Å². The number of nitrogens with one attached hydrogen (secondary N) is 1. The molecule has 0 bridgehead atoms. The van der Waals surface area contributed by atoms with E-state index in [0.29, 0.717) is 17.8 Å². The Labute approximate surface area is 124 Å². The van der Waals surface area contributed by atoms with Gasteiger partial charge >= 0.3 is 0 Å². The summed E-state index contributed by atoms with van der Waals surface area (Å²) in [4.78, 5) is 4.23. The summed E-state index contributed by atoms with van der Waals surface area (Å²) in [5.74, 6) is 2.33.